The van der Waals surface area contributed by atoms with Crippen LogP contribution < -0.4 is 9.80 Å². The number of rotatable bonds is 6. The first-order valence-corrected chi connectivity index (χ1v) is 20.4. The predicted octanol–water partition coefficient (Wildman–Crippen LogP) is 15.3. The highest BCUT2D eigenvalue weighted by Crippen LogP contribution is 2.67. The van der Waals surface area contributed by atoms with E-state index in [1.165, 1.54) is 71.7 Å². The van der Waals surface area contributed by atoms with Gasteiger partial charge in [0.05, 0.1) is 22.5 Å². The van der Waals surface area contributed by atoms with Crippen LogP contribution in [-0.4, -0.2) is 0 Å². The summed E-state index contributed by atoms with van der Waals surface area (Å²) in [5.74, 6) is 0. The van der Waals surface area contributed by atoms with Gasteiger partial charge in [-0.15, -0.1) is 0 Å². The van der Waals surface area contributed by atoms with Crippen molar-refractivity contribution in [2.45, 2.75) is 5.41 Å². The summed E-state index contributed by atoms with van der Waals surface area (Å²) < 4.78 is 0. The molecule has 2 aliphatic carbocycles. The molecule has 276 valence electrons. The fourth-order valence-corrected chi connectivity index (χ4v) is 10.4. The van der Waals surface area contributed by atoms with E-state index in [4.69, 9.17) is 0 Å². The van der Waals surface area contributed by atoms with E-state index in [2.05, 4.69) is 240 Å². The van der Waals surface area contributed by atoms with Gasteiger partial charge in [0.2, 0.25) is 0 Å². The summed E-state index contributed by atoms with van der Waals surface area (Å²) >= 11 is 0. The van der Waals surface area contributed by atoms with Gasteiger partial charge in [-0.05, 0) is 104 Å². The first-order chi connectivity index (χ1) is 29.3. The lowest BCUT2D eigenvalue weighted by atomic mass is 9.69. The summed E-state index contributed by atoms with van der Waals surface area (Å²) in [4.78, 5) is 4.94. The molecule has 0 bridgehead atoms. The minimum Gasteiger partial charge on any atom is -0.310 e. The van der Waals surface area contributed by atoms with Crippen molar-refractivity contribution in [2.24, 2.45) is 0 Å². The molecule has 0 amide bonds. The Bertz CT molecular complexity index is 3180. The molecule has 0 radical (unpaired) electrons. The highest BCUT2D eigenvalue weighted by Gasteiger charge is 2.54. The predicted molar refractivity (Wildman–Crippen MR) is 247 cm³/mol. The van der Waals surface area contributed by atoms with E-state index in [0.29, 0.717) is 0 Å². The van der Waals surface area contributed by atoms with Crippen molar-refractivity contribution in [3.63, 3.8) is 0 Å². The maximum Gasteiger partial charge on any atom is 0.0733 e. The van der Waals surface area contributed by atoms with Gasteiger partial charge < -0.3 is 9.80 Å². The summed E-state index contributed by atoms with van der Waals surface area (Å²) in [5, 5.41) is 4.92. The summed E-state index contributed by atoms with van der Waals surface area (Å²) in [6.07, 6.45) is 0. The van der Waals surface area contributed by atoms with E-state index in [-0.39, 0.29) is 0 Å². The molecule has 0 saturated heterocycles. The van der Waals surface area contributed by atoms with E-state index in [1.54, 1.807) is 0 Å². The van der Waals surface area contributed by atoms with Crippen molar-refractivity contribution in [3.8, 4) is 22.3 Å². The van der Waals surface area contributed by atoms with Crippen LogP contribution in [0.5, 0.6) is 0 Å². The Balaban J connectivity index is 1.23. The summed E-state index contributed by atoms with van der Waals surface area (Å²) in [6.45, 7) is 0. The van der Waals surface area contributed by atoms with Crippen LogP contribution in [0.1, 0.15) is 22.3 Å². The molecule has 0 fully saturated rings. The third-order valence-corrected chi connectivity index (χ3v) is 12.6. The topological polar surface area (TPSA) is 6.48 Å². The fraction of sp³-hybridized carbons (Fsp3) is 0.0175. The van der Waals surface area contributed by atoms with Gasteiger partial charge in [-0.3, -0.25) is 0 Å². The lowest BCUT2D eigenvalue weighted by Crippen LogP contribution is -2.26. The second-order valence-electron chi connectivity index (χ2n) is 15.6. The van der Waals surface area contributed by atoms with Crippen LogP contribution in [0.2, 0.25) is 0 Å². The van der Waals surface area contributed by atoms with Gasteiger partial charge in [-0.1, -0.05) is 176 Å². The molecule has 0 N–H and O–H groups in total. The molecule has 1 unspecified atom stereocenters. The van der Waals surface area contributed by atoms with Crippen LogP contribution in [0.25, 0.3) is 43.8 Å². The SMILES string of the molecule is c1ccc(N(c2ccccc2)c2cc3ccccc3c3c2-c2ccccc2C32c3ccccc3-c3c(N(c4ccccc4)c4cccc5ccccc45)cccc32)cc1. The number of fused-ring (bicyclic) bond motifs is 13. The number of benzene rings is 10. The molecule has 2 aliphatic rings. The lowest BCUT2D eigenvalue weighted by molar-refractivity contribution is 0.801. The smallest absolute Gasteiger partial charge is 0.0733 e. The average Bonchev–Trinajstić information content (AvgIpc) is 3.79. The third-order valence-electron chi connectivity index (χ3n) is 12.6. The standard InChI is InChI=1S/C57H38N2/c1-4-23-41(24-5-1)58(42-25-6-2-7-26-42)53-38-40-21-11-13-30-45(40)56-55(53)47-32-15-17-34-49(47)57(56)48-33-16-14-31-46(48)54-50(57)35-19-37-52(54)59(43-27-8-3-9-28-43)51-36-18-22-39-20-10-12-29-44(39)51/h1-38H. The van der Waals surface area contributed by atoms with Crippen LogP contribution in [0.15, 0.2) is 231 Å². The molecule has 10 aromatic rings. The van der Waals surface area contributed by atoms with Crippen molar-refractivity contribution in [3.05, 3.63) is 253 Å². The largest absolute Gasteiger partial charge is 0.310 e. The molecule has 1 atom stereocenters. The maximum absolute atomic E-state index is 2.49. The highest BCUT2D eigenvalue weighted by atomic mass is 15.2. The van der Waals surface area contributed by atoms with Crippen molar-refractivity contribution in [2.75, 3.05) is 9.80 Å². The Kier molecular flexibility index (Phi) is 7.48. The van der Waals surface area contributed by atoms with Gasteiger partial charge in [-0.25, -0.2) is 0 Å². The fourth-order valence-electron chi connectivity index (χ4n) is 10.4. The van der Waals surface area contributed by atoms with E-state index in [9.17, 15) is 0 Å². The van der Waals surface area contributed by atoms with Crippen LogP contribution in [-0.2, 0) is 5.41 Å². The van der Waals surface area contributed by atoms with Crippen molar-refractivity contribution in [1.29, 1.82) is 0 Å². The maximum atomic E-state index is 2.49. The van der Waals surface area contributed by atoms with Gasteiger partial charge >= 0.3 is 0 Å². The molecule has 1 spiro atoms. The van der Waals surface area contributed by atoms with Gasteiger partial charge in [0.25, 0.3) is 0 Å². The molecule has 0 aromatic heterocycles. The van der Waals surface area contributed by atoms with Crippen LogP contribution >= 0.6 is 0 Å². The zero-order valence-electron chi connectivity index (χ0n) is 32.3. The quantitative estimate of drug-likeness (QED) is 0.167. The van der Waals surface area contributed by atoms with Crippen molar-refractivity contribution < 1.29 is 0 Å². The second kappa shape index (κ2) is 13.2. The molecule has 12 rings (SSSR count). The Morgan fingerprint density at radius 3 is 1.41 bits per heavy atom. The third kappa shape index (κ3) is 4.81. The molecular weight excluding hydrogens is 713 g/mol. The Morgan fingerprint density at radius 2 is 0.746 bits per heavy atom. The van der Waals surface area contributed by atoms with Gasteiger partial charge in [-0.2, -0.15) is 0 Å². The zero-order chi connectivity index (χ0) is 38.9. The number of hydrogen-bond donors (Lipinski definition) is 0. The number of anilines is 6. The Labute approximate surface area is 344 Å². The summed E-state index contributed by atoms with van der Waals surface area (Å²) in [7, 11) is 0. The van der Waals surface area contributed by atoms with Gasteiger partial charge in [0.1, 0.15) is 0 Å². The lowest BCUT2D eigenvalue weighted by Gasteiger charge is -2.34. The molecule has 0 heterocycles. The molecule has 2 heteroatoms. The van der Waals surface area contributed by atoms with Crippen LogP contribution in [0.4, 0.5) is 34.1 Å². The first-order valence-electron chi connectivity index (χ1n) is 20.4. The number of para-hydroxylation sites is 3. The molecule has 2 nitrogen and oxygen atoms in total. The molecule has 0 aliphatic heterocycles. The minimum absolute atomic E-state index is 0.594. The molecule has 10 aromatic carbocycles. The monoisotopic (exact) mass is 750 g/mol. The molecular formula is C57H38N2. The van der Waals surface area contributed by atoms with Gasteiger partial charge in [0.15, 0.2) is 0 Å². The normalized spacial score (nSPS) is 14.5. The van der Waals surface area contributed by atoms with Crippen LogP contribution in [0.3, 0.4) is 0 Å². The average molecular weight is 751 g/mol. The second-order valence-corrected chi connectivity index (χ2v) is 15.6. The van der Waals surface area contributed by atoms with Crippen molar-refractivity contribution >= 4 is 55.7 Å². The summed E-state index contributed by atoms with van der Waals surface area (Å²) in [5.41, 5.74) is 16.6. The number of nitrogens with zero attached hydrogens (tertiary/aromatic N) is 2. The van der Waals surface area contributed by atoms with E-state index < -0.39 is 5.41 Å². The highest BCUT2D eigenvalue weighted by molar-refractivity contribution is 6.11. The zero-order valence-corrected chi connectivity index (χ0v) is 32.3. The summed E-state index contributed by atoms with van der Waals surface area (Å²) in [6, 6.07) is 84.8. The first kappa shape index (κ1) is 33.5. The Morgan fingerprint density at radius 1 is 0.288 bits per heavy atom. The van der Waals surface area contributed by atoms with E-state index in [0.717, 1.165) is 28.4 Å². The minimum atomic E-state index is -0.594. The van der Waals surface area contributed by atoms with E-state index >= 15 is 0 Å². The number of hydrogen-bond acceptors (Lipinski definition) is 2. The van der Waals surface area contributed by atoms with Crippen LogP contribution in [0, 0.1) is 0 Å². The van der Waals surface area contributed by atoms with Crippen molar-refractivity contribution in [1.82, 2.24) is 0 Å². The molecule has 0 saturated carbocycles. The van der Waals surface area contributed by atoms with Gasteiger partial charge in [0, 0.05) is 33.6 Å². The molecule has 59 heavy (non-hydrogen) atoms. The van der Waals surface area contributed by atoms with E-state index in [1.807, 2.05) is 0 Å². The Hall–Kier alpha value is -7.68.